The molecule has 0 radical (unpaired) electrons. The smallest absolute Gasteiger partial charge is 0.0621 e. The maximum atomic E-state index is 9.01. The van der Waals surface area contributed by atoms with E-state index < -0.39 is 5.54 Å². The van der Waals surface area contributed by atoms with Crippen molar-refractivity contribution in [1.82, 2.24) is 4.90 Å². The SMILES string of the molecule is CC(C)C(C)N(C)CC(C)(N)CO. The van der Waals surface area contributed by atoms with Crippen molar-refractivity contribution in [2.75, 3.05) is 20.2 Å². The van der Waals surface area contributed by atoms with E-state index >= 15 is 0 Å². The Hall–Kier alpha value is -0.120. The van der Waals surface area contributed by atoms with Crippen LogP contribution in [0.1, 0.15) is 27.7 Å². The zero-order valence-corrected chi connectivity index (χ0v) is 9.54. The Kier molecular flexibility index (Phi) is 4.89. The van der Waals surface area contributed by atoms with Crippen LogP contribution in [0.4, 0.5) is 0 Å². The van der Waals surface area contributed by atoms with Crippen LogP contribution in [0, 0.1) is 5.92 Å². The molecule has 0 spiro atoms. The van der Waals surface area contributed by atoms with E-state index in [4.69, 9.17) is 10.8 Å². The maximum absolute atomic E-state index is 9.01. The van der Waals surface area contributed by atoms with Gasteiger partial charge in [-0.15, -0.1) is 0 Å². The second kappa shape index (κ2) is 4.94. The lowest BCUT2D eigenvalue weighted by Gasteiger charge is -2.34. The molecule has 2 atom stereocenters. The highest BCUT2D eigenvalue weighted by molar-refractivity contribution is 4.83. The molecule has 0 aliphatic carbocycles. The van der Waals surface area contributed by atoms with Crippen LogP contribution in [-0.4, -0.2) is 41.8 Å². The molecule has 2 unspecified atom stereocenters. The fourth-order valence-corrected chi connectivity index (χ4v) is 1.27. The van der Waals surface area contributed by atoms with E-state index in [1.807, 2.05) is 14.0 Å². The molecule has 0 aliphatic heterocycles. The summed E-state index contributed by atoms with van der Waals surface area (Å²) in [5, 5.41) is 9.01. The third kappa shape index (κ3) is 4.60. The average molecular weight is 188 g/mol. The topological polar surface area (TPSA) is 49.5 Å². The molecule has 0 heterocycles. The molecule has 0 saturated carbocycles. The van der Waals surface area contributed by atoms with Gasteiger partial charge in [-0.25, -0.2) is 0 Å². The maximum Gasteiger partial charge on any atom is 0.0621 e. The molecule has 0 bridgehead atoms. The van der Waals surface area contributed by atoms with Crippen LogP contribution in [-0.2, 0) is 0 Å². The van der Waals surface area contributed by atoms with Gasteiger partial charge in [0.05, 0.1) is 6.61 Å². The number of nitrogens with two attached hydrogens (primary N) is 1. The van der Waals surface area contributed by atoms with Crippen molar-refractivity contribution in [1.29, 1.82) is 0 Å². The minimum Gasteiger partial charge on any atom is -0.394 e. The minimum absolute atomic E-state index is 0.0299. The number of nitrogens with zero attached hydrogens (tertiary/aromatic N) is 1. The van der Waals surface area contributed by atoms with Gasteiger partial charge in [-0.05, 0) is 26.8 Å². The van der Waals surface area contributed by atoms with Gasteiger partial charge < -0.3 is 15.7 Å². The fraction of sp³-hybridized carbons (Fsp3) is 1.00. The molecule has 0 aromatic carbocycles. The highest BCUT2D eigenvalue weighted by Crippen LogP contribution is 2.10. The molecule has 0 aromatic heterocycles. The first-order chi connectivity index (χ1) is 5.80. The van der Waals surface area contributed by atoms with E-state index in [2.05, 4.69) is 25.7 Å². The van der Waals surface area contributed by atoms with Crippen molar-refractivity contribution in [3.8, 4) is 0 Å². The molecular formula is C10H24N2O. The molecule has 3 heteroatoms. The van der Waals surface area contributed by atoms with Gasteiger partial charge in [0.2, 0.25) is 0 Å². The second-order valence-corrected chi connectivity index (χ2v) is 4.71. The van der Waals surface area contributed by atoms with Gasteiger partial charge in [0.1, 0.15) is 0 Å². The first-order valence-electron chi connectivity index (χ1n) is 4.90. The first-order valence-corrected chi connectivity index (χ1v) is 4.90. The second-order valence-electron chi connectivity index (χ2n) is 4.71. The van der Waals surface area contributed by atoms with Gasteiger partial charge in [-0.3, -0.25) is 0 Å². The highest BCUT2D eigenvalue weighted by atomic mass is 16.3. The molecule has 0 saturated heterocycles. The van der Waals surface area contributed by atoms with Crippen molar-refractivity contribution in [2.24, 2.45) is 11.7 Å². The zero-order chi connectivity index (χ0) is 10.6. The lowest BCUT2D eigenvalue weighted by Crippen LogP contribution is -2.52. The quantitative estimate of drug-likeness (QED) is 0.667. The lowest BCUT2D eigenvalue weighted by molar-refractivity contribution is 0.126. The van der Waals surface area contributed by atoms with E-state index in [0.717, 1.165) is 6.54 Å². The molecule has 13 heavy (non-hydrogen) atoms. The van der Waals surface area contributed by atoms with Crippen LogP contribution in [0.2, 0.25) is 0 Å². The van der Waals surface area contributed by atoms with E-state index in [9.17, 15) is 0 Å². The molecule has 3 N–H and O–H groups in total. The Morgan fingerprint density at radius 2 is 1.85 bits per heavy atom. The minimum atomic E-state index is -0.488. The highest BCUT2D eigenvalue weighted by Gasteiger charge is 2.23. The van der Waals surface area contributed by atoms with Gasteiger partial charge in [0, 0.05) is 18.1 Å². The normalized spacial score (nSPS) is 19.2. The number of aliphatic hydroxyl groups is 1. The van der Waals surface area contributed by atoms with Crippen LogP contribution in [0.15, 0.2) is 0 Å². The van der Waals surface area contributed by atoms with Crippen molar-refractivity contribution in [3.63, 3.8) is 0 Å². The van der Waals surface area contributed by atoms with E-state index in [1.54, 1.807) is 0 Å². The van der Waals surface area contributed by atoms with Gasteiger partial charge in [0.15, 0.2) is 0 Å². The molecule has 0 amide bonds. The van der Waals surface area contributed by atoms with Crippen LogP contribution < -0.4 is 5.73 Å². The Labute approximate surface area is 81.9 Å². The first kappa shape index (κ1) is 12.9. The summed E-state index contributed by atoms with van der Waals surface area (Å²) in [4.78, 5) is 2.20. The monoisotopic (exact) mass is 188 g/mol. The number of aliphatic hydroxyl groups excluding tert-OH is 1. The van der Waals surface area contributed by atoms with Crippen LogP contribution in [0.5, 0.6) is 0 Å². The number of likely N-dealkylation sites (N-methyl/N-ethyl adjacent to an activating group) is 1. The van der Waals surface area contributed by atoms with E-state index in [-0.39, 0.29) is 6.61 Å². The van der Waals surface area contributed by atoms with Gasteiger partial charge in [0.25, 0.3) is 0 Å². The number of rotatable bonds is 5. The van der Waals surface area contributed by atoms with E-state index in [1.165, 1.54) is 0 Å². The van der Waals surface area contributed by atoms with Crippen LogP contribution in [0.25, 0.3) is 0 Å². The fourth-order valence-electron chi connectivity index (χ4n) is 1.27. The number of hydrogen-bond donors (Lipinski definition) is 2. The largest absolute Gasteiger partial charge is 0.394 e. The summed E-state index contributed by atoms with van der Waals surface area (Å²) in [6, 6.07) is 0.495. The molecule has 0 aromatic rings. The summed E-state index contributed by atoms with van der Waals surface area (Å²) in [5.41, 5.74) is 5.38. The molecule has 3 nitrogen and oxygen atoms in total. The van der Waals surface area contributed by atoms with Crippen molar-refractivity contribution in [3.05, 3.63) is 0 Å². The Morgan fingerprint density at radius 3 is 2.15 bits per heavy atom. The predicted octanol–water partition coefficient (Wildman–Crippen LogP) is 0.672. The molecular weight excluding hydrogens is 164 g/mol. The Balaban J connectivity index is 4.06. The lowest BCUT2D eigenvalue weighted by atomic mass is 10.0. The third-order valence-electron chi connectivity index (χ3n) is 2.63. The molecule has 80 valence electrons. The summed E-state index contributed by atoms with van der Waals surface area (Å²) in [6.07, 6.45) is 0. The van der Waals surface area contributed by atoms with Gasteiger partial charge in [-0.1, -0.05) is 13.8 Å². The Bertz CT molecular complexity index is 146. The van der Waals surface area contributed by atoms with Crippen LogP contribution in [0.3, 0.4) is 0 Å². The van der Waals surface area contributed by atoms with E-state index in [0.29, 0.717) is 12.0 Å². The molecule has 0 aliphatic rings. The number of hydrogen-bond acceptors (Lipinski definition) is 3. The summed E-state index contributed by atoms with van der Waals surface area (Å²) in [5.74, 6) is 0.611. The third-order valence-corrected chi connectivity index (χ3v) is 2.63. The van der Waals surface area contributed by atoms with Gasteiger partial charge >= 0.3 is 0 Å². The molecule has 0 fully saturated rings. The van der Waals surface area contributed by atoms with Gasteiger partial charge in [-0.2, -0.15) is 0 Å². The van der Waals surface area contributed by atoms with Crippen LogP contribution >= 0.6 is 0 Å². The standard InChI is InChI=1S/C10H24N2O/c1-8(2)9(3)12(5)6-10(4,11)7-13/h8-9,13H,6-7,11H2,1-5H3. The van der Waals surface area contributed by atoms with Crippen molar-refractivity contribution >= 4 is 0 Å². The average Bonchev–Trinajstić information content (AvgIpc) is 2.02. The van der Waals surface area contributed by atoms with Crippen molar-refractivity contribution < 1.29 is 5.11 Å². The summed E-state index contributed by atoms with van der Waals surface area (Å²) in [6.45, 7) is 9.18. The van der Waals surface area contributed by atoms with Crippen molar-refractivity contribution in [2.45, 2.75) is 39.3 Å². The summed E-state index contributed by atoms with van der Waals surface area (Å²) >= 11 is 0. The summed E-state index contributed by atoms with van der Waals surface area (Å²) in [7, 11) is 2.05. The predicted molar refractivity (Wildman–Crippen MR) is 56.6 cm³/mol. The molecule has 0 rings (SSSR count). The summed E-state index contributed by atoms with van der Waals surface area (Å²) < 4.78 is 0. The zero-order valence-electron chi connectivity index (χ0n) is 9.54. The Morgan fingerprint density at radius 1 is 1.38 bits per heavy atom.